The highest BCUT2D eigenvalue weighted by Crippen LogP contribution is 2.26. The van der Waals surface area contributed by atoms with Gasteiger partial charge in [0.05, 0.1) is 18.4 Å². The van der Waals surface area contributed by atoms with Crippen LogP contribution in [0.3, 0.4) is 0 Å². The molecule has 7 N–H and O–H groups in total. The number of nitrogens with zero attached hydrogens (tertiary/aromatic N) is 2. The summed E-state index contributed by atoms with van der Waals surface area (Å²) in [5.41, 5.74) is 18.3. The number of rotatable bonds is 2. The molecular formula is C10H14N6O. The van der Waals surface area contributed by atoms with Crippen molar-refractivity contribution in [3.8, 4) is 5.88 Å². The molecule has 1 aliphatic heterocycles. The summed E-state index contributed by atoms with van der Waals surface area (Å²) in [5, 5.41) is 2.87. The van der Waals surface area contributed by atoms with Crippen LogP contribution in [0.15, 0.2) is 35.2 Å². The Morgan fingerprint density at radius 1 is 1.41 bits per heavy atom. The third-order valence-corrected chi connectivity index (χ3v) is 2.42. The molecule has 0 saturated heterocycles. The van der Waals surface area contributed by atoms with Gasteiger partial charge in [0.1, 0.15) is 5.84 Å². The largest absolute Gasteiger partial charge is 0.481 e. The maximum atomic E-state index is 6.11. The predicted molar refractivity (Wildman–Crippen MR) is 63.7 cm³/mol. The Hall–Kier alpha value is -2.28. The number of aliphatic imine (C=N–C) groups is 1. The Morgan fingerprint density at radius 2 is 2.18 bits per heavy atom. The van der Waals surface area contributed by atoms with Crippen molar-refractivity contribution in [1.82, 2.24) is 10.3 Å². The first-order chi connectivity index (χ1) is 8.07. The Balaban J connectivity index is 2.47. The summed E-state index contributed by atoms with van der Waals surface area (Å²) in [6.07, 6.45) is 3.11. The van der Waals surface area contributed by atoms with E-state index < -0.39 is 5.79 Å². The Morgan fingerprint density at radius 3 is 2.82 bits per heavy atom. The van der Waals surface area contributed by atoms with Crippen LogP contribution in [0.2, 0.25) is 0 Å². The van der Waals surface area contributed by atoms with Crippen molar-refractivity contribution in [2.45, 2.75) is 5.79 Å². The van der Waals surface area contributed by atoms with E-state index in [1.165, 1.54) is 13.3 Å². The molecule has 1 unspecified atom stereocenters. The van der Waals surface area contributed by atoms with E-state index in [2.05, 4.69) is 15.3 Å². The Kier molecular flexibility index (Phi) is 2.60. The molecule has 0 bridgehead atoms. The van der Waals surface area contributed by atoms with Gasteiger partial charge in [-0.25, -0.2) is 9.98 Å². The summed E-state index contributed by atoms with van der Waals surface area (Å²) >= 11 is 0. The van der Waals surface area contributed by atoms with Crippen LogP contribution >= 0.6 is 0 Å². The quantitative estimate of drug-likeness (QED) is 0.516. The Bertz CT molecular complexity index is 497. The number of aromatic nitrogens is 1. The first-order valence-corrected chi connectivity index (χ1v) is 4.94. The number of nitrogens with two attached hydrogens (primary N) is 3. The fourth-order valence-electron chi connectivity index (χ4n) is 1.53. The first-order valence-electron chi connectivity index (χ1n) is 4.94. The summed E-state index contributed by atoms with van der Waals surface area (Å²) in [5.74, 6) is -0.655. The molecule has 2 heterocycles. The van der Waals surface area contributed by atoms with E-state index in [-0.39, 0.29) is 5.84 Å². The summed E-state index contributed by atoms with van der Waals surface area (Å²) in [7, 11) is 1.51. The van der Waals surface area contributed by atoms with Crippen LogP contribution in [-0.2, 0) is 5.79 Å². The summed E-state index contributed by atoms with van der Waals surface area (Å²) in [4.78, 5) is 8.18. The van der Waals surface area contributed by atoms with Crippen molar-refractivity contribution < 1.29 is 4.74 Å². The zero-order valence-electron chi connectivity index (χ0n) is 9.34. The first kappa shape index (κ1) is 11.2. The molecule has 1 atom stereocenters. The topological polar surface area (TPSA) is 125 Å². The van der Waals surface area contributed by atoms with Gasteiger partial charge in [-0.15, -0.1) is 0 Å². The van der Waals surface area contributed by atoms with Crippen LogP contribution in [0, 0.1) is 0 Å². The average molecular weight is 234 g/mol. The number of hydrogen-bond donors (Lipinski definition) is 4. The number of nitrogens with one attached hydrogen (secondary N) is 1. The number of methoxy groups -OCH3 is 1. The molecule has 0 aliphatic carbocycles. The molecule has 0 saturated carbocycles. The van der Waals surface area contributed by atoms with Gasteiger partial charge in [-0.1, -0.05) is 0 Å². The molecule has 90 valence electrons. The molecule has 1 aliphatic rings. The fraction of sp³-hybridized carbons (Fsp3) is 0.200. The normalized spacial score (nSPS) is 23.4. The highest BCUT2D eigenvalue weighted by Gasteiger charge is 2.32. The van der Waals surface area contributed by atoms with Crippen LogP contribution < -0.4 is 27.3 Å². The third kappa shape index (κ3) is 1.87. The van der Waals surface area contributed by atoms with Crippen molar-refractivity contribution in [1.29, 1.82) is 0 Å². The van der Waals surface area contributed by atoms with Crippen LogP contribution in [-0.4, -0.2) is 17.9 Å². The van der Waals surface area contributed by atoms with Gasteiger partial charge in [0, 0.05) is 12.4 Å². The number of amidine groups is 1. The maximum Gasteiger partial charge on any atom is 0.222 e. The van der Waals surface area contributed by atoms with Gasteiger partial charge in [-0.2, -0.15) is 0 Å². The van der Waals surface area contributed by atoms with Gasteiger partial charge in [-0.05, 0) is 12.1 Å². The van der Waals surface area contributed by atoms with Gasteiger partial charge in [0.25, 0.3) is 0 Å². The predicted octanol–water partition coefficient (Wildman–Crippen LogP) is -1.08. The number of pyridine rings is 1. The van der Waals surface area contributed by atoms with Crippen molar-refractivity contribution in [2.75, 3.05) is 7.11 Å². The standard InChI is InChI=1S/C10H14N6O/c1-17-9-6(3-2-4-14-9)10(13)15-5-7(11)8(12)16-10/h2-5,15H,11,13H2,1H3,(H2,12,16). The number of hydrogen-bond acceptors (Lipinski definition) is 7. The lowest BCUT2D eigenvalue weighted by molar-refractivity contribution is 0.348. The molecule has 0 amide bonds. The maximum absolute atomic E-state index is 6.11. The van der Waals surface area contributed by atoms with Crippen LogP contribution in [0.1, 0.15) is 5.56 Å². The average Bonchev–Trinajstić information content (AvgIpc) is 2.34. The van der Waals surface area contributed by atoms with Gasteiger partial charge in [0.15, 0.2) is 0 Å². The highest BCUT2D eigenvalue weighted by molar-refractivity contribution is 5.96. The summed E-state index contributed by atoms with van der Waals surface area (Å²) < 4.78 is 5.13. The van der Waals surface area contributed by atoms with Gasteiger partial charge in [0.2, 0.25) is 11.7 Å². The molecule has 7 heteroatoms. The monoisotopic (exact) mass is 234 g/mol. The van der Waals surface area contributed by atoms with E-state index in [9.17, 15) is 0 Å². The molecule has 0 fully saturated rings. The molecule has 0 aromatic carbocycles. The lowest BCUT2D eigenvalue weighted by atomic mass is 10.1. The molecule has 1 aromatic rings. The van der Waals surface area contributed by atoms with Gasteiger partial charge >= 0.3 is 0 Å². The minimum absolute atomic E-state index is 0.178. The van der Waals surface area contributed by atoms with Crippen molar-refractivity contribution in [3.05, 3.63) is 35.8 Å². The van der Waals surface area contributed by atoms with E-state index >= 15 is 0 Å². The highest BCUT2D eigenvalue weighted by atomic mass is 16.5. The van der Waals surface area contributed by atoms with Crippen molar-refractivity contribution in [2.24, 2.45) is 22.2 Å². The second-order valence-corrected chi connectivity index (χ2v) is 3.57. The smallest absolute Gasteiger partial charge is 0.222 e. The van der Waals surface area contributed by atoms with E-state index in [4.69, 9.17) is 21.9 Å². The van der Waals surface area contributed by atoms with Crippen molar-refractivity contribution >= 4 is 5.84 Å². The zero-order chi connectivity index (χ0) is 12.5. The summed E-state index contributed by atoms with van der Waals surface area (Å²) in [6.45, 7) is 0. The van der Waals surface area contributed by atoms with Crippen molar-refractivity contribution in [3.63, 3.8) is 0 Å². The minimum Gasteiger partial charge on any atom is -0.481 e. The molecule has 17 heavy (non-hydrogen) atoms. The lowest BCUT2D eigenvalue weighted by Crippen LogP contribution is -2.51. The van der Waals surface area contributed by atoms with E-state index in [0.717, 1.165) is 0 Å². The molecule has 0 spiro atoms. The second-order valence-electron chi connectivity index (χ2n) is 3.57. The van der Waals surface area contributed by atoms with E-state index in [1.807, 2.05) is 0 Å². The van der Waals surface area contributed by atoms with Crippen LogP contribution in [0.25, 0.3) is 0 Å². The summed E-state index contributed by atoms with van der Waals surface area (Å²) in [6, 6.07) is 3.49. The SMILES string of the molecule is COc1ncccc1C1(N)N=C(N)C(N)=CN1. The molecule has 0 radical (unpaired) electrons. The molecule has 1 aromatic heterocycles. The third-order valence-electron chi connectivity index (χ3n) is 2.42. The molecule has 7 nitrogen and oxygen atoms in total. The molecular weight excluding hydrogens is 220 g/mol. The van der Waals surface area contributed by atoms with Crippen LogP contribution in [0.4, 0.5) is 0 Å². The minimum atomic E-state index is -1.22. The van der Waals surface area contributed by atoms with E-state index in [1.54, 1.807) is 18.3 Å². The zero-order valence-corrected chi connectivity index (χ0v) is 9.34. The van der Waals surface area contributed by atoms with E-state index in [0.29, 0.717) is 17.1 Å². The molecule has 2 rings (SSSR count). The lowest BCUT2D eigenvalue weighted by Gasteiger charge is -2.30. The van der Waals surface area contributed by atoms with Gasteiger partial charge in [-0.3, -0.25) is 5.73 Å². The second kappa shape index (κ2) is 3.95. The van der Waals surface area contributed by atoms with Crippen LogP contribution in [0.5, 0.6) is 5.88 Å². The Labute approximate surface area is 98.4 Å². The van der Waals surface area contributed by atoms with Gasteiger partial charge < -0.3 is 21.5 Å². The number of ether oxygens (including phenoxy) is 1. The fourth-order valence-corrected chi connectivity index (χ4v) is 1.53.